The standard InChI is InChI=1S/C16H16ClN3O3.ClH/c17-11-2-1-3-12(7-11)20-5-4-14(16(20)22)19-15(21)10-6-13(8-18)23-9-10;/h1-3,6-7,9,14H,4-5,8,18H2,(H,19,21);1H. The van der Waals surface area contributed by atoms with Gasteiger partial charge in [0, 0.05) is 17.3 Å². The predicted molar refractivity (Wildman–Crippen MR) is 93.5 cm³/mol. The topological polar surface area (TPSA) is 88.6 Å². The summed E-state index contributed by atoms with van der Waals surface area (Å²) in [5.41, 5.74) is 6.54. The minimum absolute atomic E-state index is 0. The van der Waals surface area contributed by atoms with E-state index in [4.69, 9.17) is 21.8 Å². The molecule has 2 heterocycles. The lowest BCUT2D eigenvalue weighted by Gasteiger charge is -2.17. The van der Waals surface area contributed by atoms with E-state index < -0.39 is 6.04 Å². The van der Waals surface area contributed by atoms with Gasteiger partial charge in [0.2, 0.25) is 5.91 Å². The number of furan rings is 1. The van der Waals surface area contributed by atoms with E-state index in [1.165, 1.54) is 6.26 Å². The van der Waals surface area contributed by atoms with Gasteiger partial charge in [0.05, 0.1) is 12.1 Å². The molecular formula is C16H17Cl2N3O3. The number of hydrogen-bond donors (Lipinski definition) is 2. The Morgan fingerprint density at radius 1 is 1.42 bits per heavy atom. The zero-order valence-corrected chi connectivity index (χ0v) is 14.3. The largest absolute Gasteiger partial charge is 0.467 e. The van der Waals surface area contributed by atoms with Gasteiger partial charge in [0.15, 0.2) is 0 Å². The van der Waals surface area contributed by atoms with Crippen LogP contribution in [0.25, 0.3) is 0 Å². The molecule has 1 aliphatic rings. The minimum Gasteiger partial charge on any atom is -0.467 e. The van der Waals surface area contributed by atoms with Crippen molar-refractivity contribution in [3.63, 3.8) is 0 Å². The summed E-state index contributed by atoms with van der Waals surface area (Å²) < 4.78 is 5.13. The normalized spacial score (nSPS) is 16.8. The summed E-state index contributed by atoms with van der Waals surface area (Å²) in [6.45, 7) is 0.752. The number of nitrogens with zero attached hydrogens (tertiary/aromatic N) is 1. The van der Waals surface area contributed by atoms with E-state index in [1.807, 2.05) is 6.07 Å². The SMILES string of the molecule is Cl.NCc1cc(C(=O)NC2CCN(c3cccc(Cl)c3)C2=O)co1. The Labute approximate surface area is 150 Å². The maximum Gasteiger partial charge on any atom is 0.255 e. The molecule has 1 saturated heterocycles. The van der Waals surface area contributed by atoms with Crippen LogP contribution in [0.15, 0.2) is 41.0 Å². The van der Waals surface area contributed by atoms with Gasteiger partial charge in [-0.15, -0.1) is 12.4 Å². The highest BCUT2D eigenvalue weighted by Gasteiger charge is 2.34. The maximum absolute atomic E-state index is 12.5. The van der Waals surface area contributed by atoms with E-state index in [0.717, 1.165) is 5.69 Å². The van der Waals surface area contributed by atoms with Crippen LogP contribution in [-0.4, -0.2) is 24.4 Å². The van der Waals surface area contributed by atoms with Crippen LogP contribution in [0.2, 0.25) is 5.02 Å². The molecule has 128 valence electrons. The van der Waals surface area contributed by atoms with E-state index in [9.17, 15) is 9.59 Å². The number of rotatable bonds is 4. The maximum atomic E-state index is 12.5. The molecule has 3 rings (SSSR count). The summed E-state index contributed by atoms with van der Waals surface area (Å²) in [5, 5.41) is 3.30. The average molecular weight is 370 g/mol. The first kappa shape index (κ1) is 18.3. The van der Waals surface area contributed by atoms with Gasteiger partial charge in [0.25, 0.3) is 5.91 Å². The average Bonchev–Trinajstić information content (AvgIpc) is 3.15. The zero-order valence-electron chi connectivity index (χ0n) is 12.7. The van der Waals surface area contributed by atoms with Crippen molar-refractivity contribution in [3.05, 3.63) is 52.9 Å². The van der Waals surface area contributed by atoms with E-state index in [0.29, 0.717) is 29.3 Å². The van der Waals surface area contributed by atoms with Crippen LogP contribution in [0.5, 0.6) is 0 Å². The van der Waals surface area contributed by atoms with Gasteiger partial charge in [-0.2, -0.15) is 0 Å². The smallest absolute Gasteiger partial charge is 0.255 e. The molecule has 1 aromatic carbocycles. The quantitative estimate of drug-likeness (QED) is 0.865. The second-order valence-electron chi connectivity index (χ2n) is 5.29. The van der Waals surface area contributed by atoms with Crippen molar-refractivity contribution < 1.29 is 14.0 Å². The summed E-state index contributed by atoms with van der Waals surface area (Å²) >= 11 is 5.96. The van der Waals surface area contributed by atoms with Gasteiger partial charge in [-0.25, -0.2) is 0 Å². The van der Waals surface area contributed by atoms with Crippen molar-refractivity contribution in [1.29, 1.82) is 0 Å². The van der Waals surface area contributed by atoms with Gasteiger partial charge in [-0.1, -0.05) is 17.7 Å². The molecule has 1 aliphatic heterocycles. The minimum atomic E-state index is -0.558. The number of carbonyl (C=O) groups excluding carboxylic acids is 2. The molecule has 0 aliphatic carbocycles. The highest BCUT2D eigenvalue weighted by Crippen LogP contribution is 2.24. The fraction of sp³-hybridized carbons (Fsp3) is 0.250. The van der Waals surface area contributed by atoms with Crippen molar-refractivity contribution in [1.82, 2.24) is 5.32 Å². The number of hydrogen-bond acceptors (Lipinski definition) is 4. The summed E-state index contributed by atoms with van der Waals surface area (Å²) in [7, 11) is 0. The third kappa shape index (κ3) is 3.72. The molecule has 8 heteroatoms. The zero-order chi connectivity index (χ0) is 16.4. The number of nitrogens with one attached hydrogen (secondary N) is 1. The molecule has 6 nitrogen and oxygen atoms in total. The van der Waals surface area contributed by atoms with E-state index in [2.05, 4.69) is 5.32 Å². The molecule has 24 heavy (non-hydrogen) atoms. The van der Waals surface area contributed by atoms with Crippen LogP contribution in [0, 0.1) is 0 Å². The van der Waals surface area contributed by atoms with Crippen molar-refractivity contribution in [2.24, 2.45) is 5.73 Å². The Kier molecular flexibility index (Phi) is 5.88. The van der Waals surface area contributed by atoms with Crippen molar-refractivity contribution in [2.45, 2.75) is 19.0 Å². The molecule has 1 atom stereocenters. The number of nitrogens with two attached hydrogens (primary N) is 1. The van der Waals surface area contributed by atoms with Crippen molar-refractivity contribution >= 4 is 41.5 Å². The number of amides is 2. The molecule has 1 aromatic heterocycles. The summed E-state index contributed by atoms with van der Waals surface area (Å²) in [6.07, 6.45) is 1.88. The van der Waals surface area contributed by atoms with Crippen LogP contribution in [0.1, 0.15) is 22.5 Å². The third-order valence-electron chi connectivity index (χ3n) is 3.75. The van der Waals surface area contributed by atoms with Crippen LogP contribution < -0.4 is 16.0 Å². The third-order valence-corrected chi connectivity index (χ3v) is 3.98. The highest BCUT2D eigenvalue weighted by atomic mass is 35.5. The van der Waals surface area contributed by atoms with E-state index in [1.54, 1.807) is 29.2 Å². The Morgan fingerprint density at radius 3 is 2.88 bits per heavy atom. The molecule has 0 radical (unpaired) electrons. The van der Waals surface area contributed by atoms with Gasteiger partial charge < -0.3 is 20.4 Å². The summed E-state index contributed by atoms with van der Waals surface area (Å²) in [5.74, 6) is 0.0244. The number of benzene rings is 1. The molecule has 0 spiro atoms. The molecule has 3 N–H and O–H groups in total. The molecule has 1 fully saturated rings. The van der Waals surface area contributed by atoms with E-state index >= 15 is 0 Å². The van der Waals surface area contributed by atoms with Gasteiger partial charge in [-0.3, -0.25) is 9.59 Å². The first-order chi connectivity index (χ1) is 11.1. The lowest BCUT2D eigenvalue weighted by Crippen LogP contribution is -2.41. The second-order valence-corrected chi connectivity index (χ2v) is 5.73. The van der Waals surface area contributed by atoms with Gasteiger partial charge in [0.1, 0.15) is 18.1 Å². The first-order valence-electron chi connectivity index (χ1n) is 7.24. The number of carbonyl (C=O) groups is 2. The Balaban J connectivity index is 0.00000208. The van der Waals surface area contributed by atoms with Crippen molar-refractivity contribution in [3.8, 4) is 0 Å². The van der Waals surface area contributed by atoms with Crippen LogP contribution in [0.4, 0.5) is 5.69 Å². The Hall–Kier alpha value is -2.02. The van der Waals surface area contributed by atoms with E-state index in [-0.39, 0.29) is 30.8 Å². The molecule has 2 amide bonds. The Bertz CT molecular complexity index is 748. The second kappa shape index (κ2) is 7.70. The molecule has 0 saturated carbocycles. The highest BCUT2D eigenvalue weighted by molar-refractivity contribution is 6.31. The molecule has 2 aromatic rings. The number of anilines is 1. The predicted octanol–water partition coefficient (Wildman–Crippen LogP) is 2.35. The fourth-order valence-electron chi connectivity index (χ4n) is 2.56. The van der Waals surface area contributed by atoms with Crippen LogP contribution in [0.3, 0.4) is 0 Å². The Morgan fingerprint density at radius 2 is 2.21 bits per heavy atom. The molecular weight excluding hydrogens is 353 g/mol. The van der Waals surface area contributed by atoms with Crippen molar-refractivity contribution in [2.75, 3.05) is 11.4 Å². The van der Waals surface area contributed by atoms with Gasteiger partial charge >= 0.3 is 0 Å². The number of halogens is 2. The lowest BCUT2D eigenvalue weighted by molar-refractivity contribution is -0.118. The molecule has 1 unspecified atom stereocenters. The fourth-order valence-corrected chi connectivity index (χ4v) is 2.75. The van der Waals surface area contributed by atoms with Crippen LogP contribution >= 0.6 is 24.0 Å². The van der Waals surface area contributed by atoms with Gasteiger partial charge in [-0.05, 0) is 30.7 Å². The molecule has 0 bridgehead atoms. The first-order valence-corrected chi connectivity index (χ1v) is 7.61. The van der Waals surface area contributed by atoms with Crippen LogP contribution in [-0.2, 0) is 11.3 Å². The monoisotopic (exact) mass is 369 g/mol. The summed E-state index contributed by atoms with van der Waals surface area (Å²) in [4.78, 5) is 26.3. The summed E-state index contributed by atoms with van der Waals surface area (Å²) in [6, 6.07) is 8.10. The lowest BCUT2D eigenvalue weighted by atomic mass is 10.2.